The van der Waals surface area contributed by atoms with E-state index in [4.69, 9.17) is 9.72 Å². The number of anilines is 1. The zero-order chi connectivity index (χ0) is 13.1. The van der Waals surface area contributed by atoms with Crippen LogP contribution < -0.4 is 4.90 Å². The van der Waals surface area contributed by atoms with Gasteiger partial charge in [-0.2, -0.15) is 16.1 Å². The Kier molecular flexibility index (Phi) is 4.61. The standard InChI is InChI=1S/C13H21N3OS2/c1-17-8-6-12-14-13(19-15-12)16-7-9-18-11-5-3-2-4-10(11)16/h10-11H,2-9H2,1H3. The number of hydrogen-bond donors (Lipinski definition) is 0. The fourth-order valence-electron chi connectivity index (χ4n) is 2.99. The summed E-state index contributed by atoms with van der Waals surface area (Å²) in [6, 6.07) is 0.690. The van der Waals surface area contributed by atoms with E-state index in [2.05, 4.69) is 21.0 Å². The third-order valence-electron chi connectivity index (χ3n) is 3.97. The van der Waals surface area contributed by atoms with Gasteiger partial charge in [-0.3, -0.25) is 0 Å². The molecule has 6 heteroatoms. The van der Waals surface area contributed by atoms with Gasteiger partial charge in [-0.05, 0) is 12.8 Å². The van der Waals surface area contributed by atoms with Gasteiger partial charge in [-0.25, -0.2) is 4.98 Å². The SMILES string of the molecule is COCCc1nsc(N2CCSC3CCCCC32)n1. The van der Waals surface area contributed by atoms with Gasteiger partial charge in [-0.15, -0.1) is 0 Å². The first-order valence-corrected chi connectivity index (χ1v) is 8.90. The van der Waals surface area contributed by atoms with Crippen LogP contribution in [0.1, 0.15) is 31.5 Å². The smallest absolute Gasteiger partial charge is 0.205 e. The van der Waals surface area contributed by atoms with Crippen molar-refractivity contribution < 1.29 is 4.74 Å². The summed E-state index contributed by atoms with van der Waals surface area (Å²) in [6.07, 6.45) is 6.29. The van der Waals surface area contributed by atoms with Crippen LogP contribution in [0.4, 0.5) is 5.13 Å². The molecule has 0 radical (unpaired) electrons. The van der Waals surface area contributed by atoms with Gasteiger partial charge in [0.1, 0.15) is 5.82 Å². The average molecular weight is 299 g/mol. The number of nitrogens with zero attached hydrogens (tertiary/aromatic N) is 3. The molecule has 2 heterocycles. The van der Waals surface area contributed by atoms with E-state index >= 15 is 0 Å². The highest BCUT2D eigenvalue weighted by atomic mass is 32.2. The minimum atomic E-state index is 0.690. The molecule has 1 aliphatic carbocycles. The first kappa shape index (κ1) is 13.6. The first-order chi connectivity index (χ1) is 9.38. The molecule has 0 spiro atoms. The lowest BCUT2D eigenvalue weighted by Crippen LogP contribution is -2.49. The molecule has 0 aromatic carbocycles. The van der Waals surface area contributed by atoms with E-state index in [0.717, 1.165) is 29.2 Å². The fourth-order valence-corrected chi connectivity index (χ4v) is 5.23. The molecule has 1 aromatic rings. The summed E-state index contributed by atoms with van der Waals surface area (Å²) in [6.45, 7) is 1.84. The lowest BCUT2D eigenvalue weighted by Gasteiger charge is -2.43. The Morgan fingerprint density at radius 2 is 2.26 bits per heavy atom. The quantitative estimate of drug-likeness (QED) is 0.854. The molecule has 0 bridgehead atoms. The van der Waals surface area contributed by atoms with Gasteiger partial charge in [0.05, 0.1) is 6.61 Å². The molecule has 2 fully saturated rings. The third kappa shape index (κ3) is 3.06. The van der Waals surface area contributed by atoms with Gasteiger partial charge in [0.15, 0.2) is 0 Å². The zero-order valence-electron chi connectivity index (χ0n) is 11.4. The van der Waals surface area contributed by atoms with Crippen molar-refractivity contribution in [2.45, 2.75) is 43.4 Å². The second kappa shape index (κ2) is 6.41. The lowest BCUT2D eigenvalue weighted by atomic mass is 9.93. The van der Waals surface area contributed by atoms with Crippen LogP contribution in [0.15, 0.2) is 0 Å². The molecular weight excluding hydrogens is 278 g/mol. The number of methoxy groups -OCH3 is 1. The summed E-state index contributed by atoms with van der Waals surface area (Å²) in [5.41, 5.74) is 0. The fraction of sp³-hybridized carbons (Fsp3) is 0.846. The molecular formula is C13H21N3OS2. The largest absolute Gasteiger partial charge is 0.384 e. The Labute approximate surface area is 123 Å². The van der Waals surface area contributed by atoms with Gasteiger partial charge in [0.25, 0.3) is 0 Å². The van der Waals surface area contributed by atoms with E-state index < -0.39 is 0 Å². The van der Waals surface area contributed by atoms with Crippen LogP contribution in [0.25, 0.3) is 0 Å². The Morgan fingerprint density at radius 1 is 1.37 bits per heavy atom. The highest BCUT2D eigenvalue weighted by molar-refractivity contribution is 8.00. The molecule has 106 valence electrons. The maximum Gasteiger partial charge on any atom is 0.205 e. The predicted molar refractivity (Wildman–Crippen MR) is 81.3 cm³/mol. The van der Waals surface area contributed by atoms with Crippen molar-refractivity contribution in [2.24, 2.45) is 0 Å². The topological polar surface area (TPSA) is 38.2 Å². The van der Waals surface area contributed by atoms with E-state index in [0.29, 0.717) is 12.6 Å². The molecule has 1 saturated heterocycles. The van der Waals surface area contributed by atoms with Crippen molar-refractivity contribution in [1.82, 2.24) is 9.36 Å². The van der Waals surface area contributed by atoms with Gasteiger partial charge >= 0.3 is 0 Å². The van der Waals surface area contributed by atoms with Crippen LogP contribution in [-0.4, -0.2) is 46.7 Å². The summed E-state index contributed by atoms with van der Waals surface area (Å²) < 4.78 is 9.56. The monoisotopic (exact) mass is 299 g/mol. The maximum absolute atomic E-state index is 5.09. The first-order valence-electron chi connectivity index (χ1n) is 7.08. The molecule has 3 rings (SSSR count). The number of hydrogen-bond acceptors (Lipinski definition) is 6. The summed E-state index contributed by atoms with van der Waals surface area (Å²) in [4.78, 5) is 7.23. The molecule has 1 aliphatic heterocycles. The van der Waals surface area contributed by atoms with E-state index in [1.54, 1.807) is 18.6 Å². The summed E-state index contributed by atoms with van der Waals surface area (Å²) >= 11 is 3.72. The molecule has 2 unspecified atom stereocenters. The number of thioether (sulfide) groups is 1. The number of fused-ring (bicyclic) bond motifs is 1. The van der Waals surface area contributed by atoms with Crippen LogP contribution in [0.2, 0.25) is 0 Å². The highest BCUT2D eigenvalue weighted by Gasteiger charge is 2.35. The van der Waals surface area contributed by atoms with Gasteiger partial charge in [0.2, 0.25) is 5.13 Å². The van der Waals surface area contributed by atoms with Gasteiger partial charge in [0, 0.05) is 48.7 Å². The minimum absolute atomic E-state index is 0.690. The van der Waals surface area contributed by atoms with Gasteiger partial charge in [-0.1, -0.05) is 12.8 Å². The molecule has 19 heavy (non-hydrogen) atoms. The summed E-state index contributed by atoms with van der Waals surface area (Å²) in [5, 5.41) is 1.94. The van der Waals surface area contributed by atoms with E-state index in [1.165, 1.54) is 31.4 Å². The van der Waals surface area contributed by atoms with E-state index in [1.807, 2.05) is 0 Å². The second-order valence-corrected chi connectivity index (χ2v) is 7.27. The van der Waals surface area contributed by atoms with Crippen LogP contribution >= 0.6 is 23.3 Å². The third-order valence-corrected chi connectivity index (χ3v) is 6.15. The van der Waals surface area contributed by atoms with Crippen LogP contribution in [0.3, 0.4) is 0 Å². The molecule has 2 atom stereocenters. The Balaban J connectivity index is 1.70. The Bertz CT molecular complexity index is 410. The maximum atomic E-state index is 5.09. The summed E-state index contributed by atoms with van der Waals surface area (Å²) in [5.74, 6) is 2.17. The van der Waals surface area contributed by atoms with Crippen molar-refractivity contribution >= 4 is 28.4 Å². The lowest BCUT2D eigenvalue weighted by molar-refractivity contribution is 0.201. The van der Waals surface area contributed by atoms with Crippen LogP contribution in [0, 0.1) is 0 Å². The Morgan fingerprint density at radius 3 is 3.16 bits per heavy atom. The van der Waals surface area contributed by atoms with Crippen molar-refractivity contribution in [1.29, 1.82) is 0 Å². The highest BCUT2D eigenvalue weighted by Crippen LogP contribution is 2.38. The normalized spacial score (nSPS) is 27.3. The molecule has 4 nitrogen and oxygen atoms in total. The minimum Gasteiger partial charge on any atom is -0.384 e. The Hall–Kier alpha value is -0.330. The van der Waals surface area contributed by atoms with E-state index in [-0.39, 0.29) is 0 Å². The molecule has 1 saturated carbocycles. The molecule has 0 N–H and O–H groups in total. The predicted octanol–water partition coefficient (Wildman–Crippen LogP) is 2.59. The second-order valence-electron chi connectivity index (χ2n) is 5.19. The molecule has 2 aliphatic rings. The van der Waals surface area contributed by atoms with Crippen molar-refractivity contribution in [2.75, 3.05) is 30.9 Å². The number of rotatable bonds is 4. The van der Waals surface area contributed by atoms with E-state index in [9.17, 15) is 0 Å². The molecule has 0 amide bonds. The average Bonchev–Trinajstić information content (AvgIpc) is 2.93. The zero-order valence-corrected chi connectivity index (χ0v) is 13.0. The van der Waals surface area contributed by atoms with Crippen molar-refractivity contribution in [3.05, 3.63) is 5.82 Å². The van der Waals surface area contributed by atoms with Crippen molar-refractivity contribution in [3.8, 4) is 0 Å². The number of ether oxygens (including phenoxy) is 1. The molecule has 1 aromatic heterocycles. The van der Waals surface area contributed by atoms with Crippen LogP contribution in [-0.2, 0) is 11.2 Å². The van der Waals surface area contributed by atoms with Crippen molar-refractivity contribution in [3.63, 3.8) is 0 Å². The van der Waals surface area contributed by atoms with Crippen LogP contribution in [0.5, 0.6) is 0 Å². The van der Waals surface area contributed by atoms with Gasteiger partial charge < -0.3 is 9.64 Å². The number of aromatic nitrogens is 2. The summed E-state index contributed by atoms with van der Waals surface area (Å²) in [7, 11) is 1.72.